The Labute approximate surface area is 183 Å². The fourth-order valence-corrected chi connectivity index (χ4v) is 3.85. The van der Waals surface area contributed by atoms with Gasteiger partial charge in [-0.15, -0.1) is 11.3 Å². The summed E-state index contributed by atoms with van der Waals surface area (Å²) in [5, 5.41) is 8.06. The molecule has 158 valence electrons. The molecule has 0 saturated heterocycles. The predicted molar refractivity (Wildman–Crippen MR) is 122 cm³/mol. The molecule has 0 spiro atoms. The highest BCUT2D eigenvalue weighted by Gasteiger charge is 2.20. The molecule has 1 aromatic carbocycles. The molecule has 2 amide bonds. The minimum absolute atomic E-state index is 0.0901. The van der Waals surface area contributed by atoms with Gasteiger partial charge in [0.25, 0.3) is 5.91 Å². The van der Waals surface area contributed by atoms with Crippen molar-refractivity contribution in [1.82, 2.24) is 4.98 Å². The van der Waals surface area contributed by atoms with E-state index < -0.39 is 6.04 Å². The maximum absolute atomic E-state index is 12.7. The van der Waals surface area contributed by atoms with E-state index in [2.05, 4.69) is 52.3 Å². The van der Waals surface area contributed by atoms with Crippen molar-refractivity contribution in [3.63, 3.8) is 0 Å². The fraction of sp³-hybridized carbons (Fsp3) is 0.450. The molecule has 1 atom stereocenters. The first-order valence-electron chi connectivity index (χ1n) is 9.45. The van der Waals surface area contributed by atoms with Crippen molar-refractivity contribution in [1.29, 1.82) is 0 Å². The minimum Gasteiger partial charge on any atom is -0.330 e. The molecule has 7 nitrogen and oxygen atoms in total. The van der Waals surface area contributed by atoms with Crippen LogP contribution in [0.3, 0.4) is 0 Å². The second-order valence-electron chi connectivity index (χ2n) is 7.82. The van der Waals surface area contributed by atoms with E-state index in [1.54, 1.807) is 18.2 Å². The Morgan fingerprint density at radius 3 is 2.59 bits per heavy atom. The largest absolute Gasteiger partial charge is 0.330 e. The lowest BCUT2D eigenvalue weighted by Crippen LogP contribution is -2.35. The quantitative estimate of drug-likeness (QED) is 0.426. The van der Waals surface area contributed by atoms with Crippen LogP contribution in [0.25, 0.3) is 0 Å². The lowest BCUT2D eigenvalue weighted by molar-refractivity contribution is -0.117. The van der Waals surface area contributed by atoms with Gasteiger partial charge in [-0.2, -0.15) is 0 Å². The first-order chi connectivity index (χ1) is 13.6. The van der Waals surface area contributed by atoms with Crippen LogP contribution >= 0.6 is 27.3 Å². The van der Waals surface area contributed by atoms with E-state index in [0.29, 0.717) is 33.8 Å². The molecule has 0 bridgehead atoms. The number of carbonyl (C=O) groups is 2. The van der Waals surface area contributed by atoms with Crippen LogP contribution in [-0.4, -0.2) is 29.4 Å². The van der Waals surface area contributed by atoms with Crippen LogP contribution in [0.2, 0.25) is 0 Å². The van der Waals surface area contributed by atoms with Crippen molar-refractivity contribution < 1.29 is 9.59 Å². The average Bonchev–Trinajstić information content (AvgIpc) is 3.12. The number of carbonyl (C=O) groups excluding carboxylic acids is 2. The van der Waals surface area contributed by atoms with Gasteiger partial charge in [-0.1, -0.05) is 27.2 Å². The van der Waals surface area contributed by atoms with E-state index in [-0.39, 0.29) is 17.2 Å². The normalized spacial score (nSPS) is 12.5. The molecule has 2 rings (SSSR count). The summed E-state index contributed by atoms with van der Waals surface area (Å²) in [7, 11) is 0. The summed E-state index contributed by atoms with van der Waals surface area (Å²) >= 11 is 4.77. The summed E-state index contributed by atoms with van der Waals surface area (Å²) in [6.07, 6.45) is 2.19. The van der Waals surface area contributed by atoms with Gasteiger partial charge in [0.1, 0.15) is 0 Å². The maximum Gasteiger partial charge on any atom is 0.258 e. The SMILES string of the molecule is CC(C)(C)c1csc(NC(=O)c2cc(NC(=O)[C@H](N)CCCCN)ccc2Br)n1. The van der Waals surface area contributed by atoms with Crippen molar-refractivity contribution >= 4 is 49.9 Å². The van der Waals surface area contributed by atoms with Gasteiger partial charge in [0.15, 0.2) is 5.13 Å². The van der Waals surface area contributed by atoms with Crippen LogP contribution < -0.4 is 22.1 Å². The number of nitrogens with two attached hydrogens (primary N) is 2. The highest BCUT2D eigenvalue weighted by Crippen LogP contribution is 2.28. The third-order valence-electron chi connectivity index (χ3n) is 4.28. The van der Waals surface area contributed by atoms with E-state index in [1.807, 2.05) is 5.38 Å². The topological polar surface area (TPSA) is 123 Å². The fourth-order valence-electron chi connectivity index (χ4n) is 2.49. The van der Waals surface area contributed by atoms with Crippen molar-refractivity contribution in [2.45, 2.75) is 51.5 Å². The van der Waals surface area contributed by atoms with Gasteiger partial charge in [0.2, 0.25) is 5.91 Å². The Balaban J connectivity index is 2.07. The number of hydrogen-bond acceptors (Lipinski definition) is 6. The monoisotopic (exact) mass is 481 g/mol. The van der Waals surface area contributed by atoms with E-state index in [9.17, 15) is 9.59 Å². The molecule has 0 saturated carbocycles. The molecule has 1 aromatic heterocycles. The van der Waals surface area contributed by atoms with Crippen LogP contribution in [0.5, 0.6) is 0 Å². The van der Waals surface area contributed by atoms with Gasteiger partial charge >= 0.3 is 0 Å². The minimum atomic E-state index is -0.617. The Kier molecular flexibility index (Phi) is 8.33. The molecule has 0 radical (unpaired) electrons. The Bertz CT molecular complexity index is 863. The number of nitrogens with zero attached hydrogens (tertiary/aromatic N) is 1. The number of thiazole rings is 1. The molecule has 1 heterocycles. The zero-order valence-electron chi connectivity index (χ0n) is 16.9. The van der Waals surface area contributed by atoms with Crippen molar-refractivity contribution in [3.05, 3.63) is 39.3 Å². The van der Waals surface area contributed by atoms with Crippen LogP contribution in [0.15, 0.2) is 28.1 Å². The molecule has 0 aliphatic heterocycles. The highest BCUT2D eigenvalue weighted by molar-refractivity contribution is 9.10. The van der Waals surface area contributed by atoms with Crippen LogP contribution in [-0.2, 0) is 10.2 Å². The van der Waals surface area contributed by atoms with Crippen molar-refractivity contribution in [3.8, 4) is 0 Å². The van der Waals surface area contributed by atoms with Crippen LogP contribution in [0.1, 0.15) is 56.1 Å². The Hall–Kier alpha value is -1.81. The van der Waals surface area contributed by atoms with E-state index in [1.165, 1.54) is 11.3 Å². The highest BCUT2D eigenvalue weighted by atomic mass is 79.9. The van der Waals surface area contributed by atoms with Gasteiger partial charge < -0.3 is 16.8 Å². The van der Waals surface area contributed by atoms with Crippen molar-refractivity contribution in [2.24, 2.45) is 11.5 Å². The zero-order chi connectivity index (χ0) is 21.6. The summed E-state index contributed by atoms with van der Waals surface area (Å²) in [6.45, 7) is 6.78. The molecular formula is C20H28BrN5O2S. The molecule has 29 heavy (non-hydrogen) atoms. The van der Waals surface area contributed by atoms with Gasteiger partial charge in [-0.05, 0) is 53.5 Å². The Morgan fingerprint density at radius 1 is 1.24 bits per heavy atom. The van der Waals surface area contributed by atoms with Gasteiger partial charge in [-0.25, -0.2) is 4.98 Å². The molecule has 0 fully saturated rings. The molecule has 0 unspecified atom stereocenters. The first kappa shape index (κ1) is 23.5. The predicted octanol–water partition coefficient (Wildman–Crippen LogP) is 3.85. The number of halogens is 1. The third kappa shape index (κ3) is 6.88. The second-order valence-corrected chi connectivity index (χ2v) is 9.53. The molecule has 0 aliphatic rings. The lowest BCUT2D eigenvalue weighted by atomic mass is 9.93. The van der Waals surface area contributed by atoms with Gasteiger partial charge in [0.05, 0.1) is 17.3 Å². The number of aromatic nitrogens is 1. The Morgan fingerprint density at radius 2 is 1.97 bits per heavy atom. The number of nitrogens with one attached hydrogen (secondary N) is 2. The first-order valence-corrected chi connectivity index (χ1v) is 11.1. The van der Waals surface area contributed by atoms with Crippen LogP contribution in [0, 0.1) is 0 Å². The smallest absolute Gasteiger partial charge is 0.258 e. The molecular weight excluding hydrogens is 454 g/mol. The third-order valence-corrected chi connectivity index (χ3v) is 5.73. The average molecular weight is 482 g/mol. The summed E-state index contributed by atoms with van der Waals surface area (Å²) in [5.41, 5.74) is 13.1. The molecule has 6 N–H and O–H groups in total. The second kappa shape index (κ2) is 10.3. The number of amides is 2. The standard InChI is InChI=1S/C20H28BrN5O2S/c1-20(2,3)16-11-29-19(25-16)26-17(27)13-10-12(7-8-14(13)21)24-18(28)15(23)6-4-5-9-22/h7-8,10-11,15H,4-6,9,22-23H2,1-3H3,(H,24,28)(H,25,26,27)/t15-/m1/s1. The number of benzene rings is 1. The van der Waals surface area contributed by atoms with E-state index >= 15 is 0 Å². The molecule has 0 aliphatic carbocycles. The number of rotatable bonds is 8. The summed E-state index contributed by atoms with van der Waals surface area (Å²) in [5.74, 6) is -0.597. The summed E-state index contributed by atoms with van der Waals surface area (Å²) < 4.78 is 0.618. The molecule has 9 heteroatoms. The summed E-state index contributed by atoms with van der Waals surface area (Å²) in [6, 6.07) is 4.43. The van der Waals surface area contributed by atoms with E-state index in [0.717, 1.165) is 18.5 Å². The maximum atomic E-state index is 12.7. The van der Waals surface area contributed by atoms with Gasteiger partial charge in [-0.3, -0.25) is 14.9 Å². The van der Waals surface area contributed by atoms with Gasteiger partial charge in [0, 0.05) is 21.0 Å². The molecule has 2 aromatic rings. The van der Waals surface area contributed by atoms with Crippen LogP contribution in [0.4, 0.5) is 10.8 Å². The number of hydrogen-bond donors (Lipinski definition) is 4. The number of anilines is 2. The number of unbranched alkanes of at least 4 members (excludes halogenated alkanes) is 1. The van der Waals surface area contributed by atoms with E-state index in [4.69, 9.17) is 11.5 Å². The van der Waals surface area contributed by atoms with Crippen molar-refractivity contribution in [2.75, 3.05) is 17.2 Å². The zero-order valence-corrected chi connectivity index (χ0v) is 19.3. The summed E-state index contributed by atoms with van der Waals surface area (Å²) in [4.78, 5) is 29.5. The lowest BCUT2D eigenvalue weighted by Gasteiger charge is -2.14.